The Bertz CT molecular complexity index is 2150. The van der Waals surface area contributed by atoms with E-state index in [-0.39, 0.29) is 50.0 Å². The molecule has 280 valence electrons. The second kappa shape index (κ2) is 15.7. The number of fused-ring (bicyclic) bond motifs is 1. The molecule has 7 rings (SSSR count). The first-order chi connectivity index (χ1) is 26.0. The molecule has 4 aromatic rings. The van der Waals surface area contributed by atoms with Gasteiger partial charge in [0.15, 0.2) is 5.82 Å². The standard InChI is InChI=1S/C38H39ClFN8O5P/c1-53-29-18-23(9-11-26(29)44-38-42-20-25(39)34(46-38)43-27-6-4-5-7-30(27)54(2)3)47-16-14-22(15-17-47)41-19-21-8-10-24-32(33(21)40)37(52)48(36(24)51)28-12-13-31(49)45-35(28)50/h4-11,18,20,22,28,41H,12-17,19H2,1-3H3,(H,45,49,50)(H2,42,43,44,46). The maximum absolute atomic E-state index is 15.7. The van der Waals surface area contributed by atoms with Gasteiger partial charge in [0, 0.05) is 55.1 Å². The van der Waals surface area contributed by atoms with Gasteiger partial charge in [0.25, 0.3) is 11.8 Å². The Hall–Kier alpha value is -5.17. The highest BCUT2D eigenvalue weighted by molar-refractivity contribution is 7.64. The van der Waals surface area contributed by atoms with Crippen LogP contribution in [0.15, 0.2) is 60.8 Å². The highest BCUT2D eigenvalue weighted by Gasteiger charge is 2.46. The van der Waals surface area contributed by atoms with E-state index >= 15 is 4.39 Å². The number of halogens is 2. The van der Waals surface area contributed by atoms with Crippen molar-refractivity contribution >= 4 is 77.3 Å². The summed E-state index contributed by atoms with van der Waals surface area (Å²) in [6.45, 7) is 6.02. The number of anilines is 5. The number of rotatable bonds is 11. The van der Waals surface area contributed by atoms with Gasteiger partial charge in [-0.05, 0) is 62.2 Å². The molecule has 0 saturated carbocycles. The zero-order chi connectivity index (χ0) is 38.1. The predicted molar refractivity (Wildman–Crippen MR) is 207 cm³/mol. The Balaban J connectivity index is 0.959. The van der Waals surface area contributed by atoms with Crippen LogP contribution in [-0.4, -0.2) is 84.1 Å². The van der Waals surface area contributed by atoms with Gasteiger partial charge in [-0.3, -0.25) is 29.4 Å². The van der Waals surface area contributed by atoms with E-state index in [1.54, 1.807) is 13.3 Å². The minimum atomic E-state index is -1.15. The van der Waals surface area contributed by atoms with Gasteiger partial charge in [-0.1, -0.05) is 43.8 Å². The van der Waals surface area contributed by atoms with Gasteiger partial charge >= 0.3 is 0 Å². The molecule has 3 aliphatic rings. The average molecular weight is 773 g/mol. The van der Waals surface area contributed by atoms with Crippen LogP contribution in [0, 0.1) is 5.82 Å². The minimum absolute atomic E-state index is 0.00504. The summed E-state index contributed by atoms with van der Waals surface area (Å²) in [5.41, 5.74) is 2.46. The quantitative estimate of drug-likeness (QED) is 0.116. The Morgan fingerprint density at radius 2 is 1.76 bits per heavy atom. The number of nitrogens with zero attached hydrogens (tertiary/aromatic N) is 4. The van der Waals surface area contributed by atoms with Gasteiger partial charge in [-0.2, -0.15) is 4.98 Å². The number of carbonyl (C=O) groups is 4. The Kier molecular flexibility index (Phi) is 10.8. The van der Waals surface area contributed by atoms with Gasteiger partial charge in [-0.25, -0.2) is 9.37 Å². The van der Waals surface area contributed by atoms with Crippen molar-refractivity contribution in [3.05, 3.63) is 88.3 Å². The van der Waals surface area contributed by atoms with E-state index in [2.05, 4.69) is 55.5 Å². The van der Waals surface area contributed by atoms with Gasteiger partial charge in [-0.15, -0.1) is 0 Å². The Morgan fingerprint density at radius 1 is 0.981 bits per heavy atom. The lowest BCUT2D eigenvalue weighted by Crippen LogP contribution is -2.54. The third kappa shape index (κ3) is 7.46. The summed E-state index contributed by atoms with van der Waals surface area (Å²) in [6.07, 6.45) is 3.12. The lowest BCUT2D eigenvalue weighted by Gasteiger charge is -2.34. The number of imide groups is 2. The molecular weight excluding hydrogens is 734 g/mol. The number of carbonyl (C=O) groups excluding carboxylic acids is 4. The number of methoxy groups -OCH3 is 1. The number of benzene rings is 3. The van der Waals surface area contributed by atoms with Crippen molar-refractivity contribution in [3.63, 3.8) is 0 Å². The van der Waals surface area contributed by atoms with Crippen molar-refractivity contribution in [2.45, 2.75) is 44.3 Å². The smallest absolute Gasteiger partial charge is 0.265 e. The number of hydrogen-bond acceptors (Lipinski definition) is 11. The molecule has 0 spiro atoms. The molecule has 0 aliphatic carbocycles. The van der Waals surface area contributed by atoms with Crippen LogP contribution in [-0.2, 0) is 16.1 Å². The number of hydrogen-bond donors (Lipinski definition) is 4. The Morgan fingerprint density at radius 3 is 2.50 bits per heavy atom. The van der Waals surface area contributed by atoms with Gasteiger partial charge in [0.2, 0.25) is 17.8 Å². The van der Waals surface area contributed by atoms with Gasteiger partial charge < -0.3 is 25.6 Å². The summed E-state index contributed by atoms with van der Waals surface area (Å²) < 4.78 is 21.5. The first-order valence-electron chi connectivity index (χ1n) is 17.5. The van der Waals surface area contributed by atoms with Crippen molar-refractivity contribution in [2.75, 3.05) is 49.1 Å². The monoisotopic (exact) mass is 772 g/mol. The molecule has 13 nitrogen and oxygen atoms in total. The Labute approximate surface area is 317 Å². The van der Waals surface area contributed by atoms with E-state index in [0.29, 0.717) is 28.2 Å². The summed E-state index contributed by atoms with van der Waals surface area (Å²) in [7, 11) is 1.26. The van der Waals surface area contributed by atoms with Crippen LogP contribution >= 0.6 is 19.5 Å². The molecule has 2 saturated heterocycles. The lowest BCUT2D eigenvalue weighted by molar-refractivity contribution is -0.136. The second-order valence-corrected chi connectivity index (χ2v) is 16.2. The van der Waals surface area contributed by atoms with Crippen molar-refractivity contribution < 1.29 is 28.3 Å². The van der Waals surface area contributed by atoms with Crippen LogP contribution in [0.4, 0.5) is 33.2 Å². The van der Waals surface area contributed by atoms with E-state index in [9.17, 15) is 19.2 Å². The van der Waals surface area contributed by atoms with Crippen LogP contribution in [0.3, 0.4) is 0 Å². The molecule has 4 heterocycles. The number of ether oxygens (including phenoxy) is 1. The normalized spacial score (nSPS) is 17.6. The second-order valence-electron chi connectivity index (χ2n) is 13.5. The molecular formula is C38H39ClFN8O5P. The molecule has 1 unspecified atom stereocenters. The van der Waals surface area contributed by atoms with Gasteiger partial charge in [0.1, 0.15) is 22.6 Å². The first-order valence-corrected chi connectivity index (χ1v) is 20.2. The van der Waals surface area contributed by atoms with Crippen LogP contribution < -0.4 is 36.2 Å². The third-order valence-corrected chi connectivity index (χ3v) is 11.5. The molecule has 1 atom stereocenters. The number of piperidine rings is 2. The van der Waals surface area contributed by atoms with E-state index in [1.165, 1.54) is 17.4 Å². The first kappa shape index (κ1) is 37.2. The molecule has 54 heavy (non-hydrogen) atoms. The number of para-hydroxylation sites is 1. The lowest BCUT2D eigenvalue weighted by atomic mass is 10.0. The van der Waals surface area contributed by atoms with Crippen LogP contribution in [0.25, 0.3) is 0 Å². The number of aromatic nitrogens is 2. The molecule has 3 aliphatic heterocycles. The molecule has 4 amide bonds. The fourth-order valence-corrected chi connectivity index (χ4v) is 8.14. The molecule has 0 bridgehead atoms. The zero-order valence-corrected chi connectivity index (χ0v) is 31.6. The summed E-state index contributed by atoms with van der Waals surface area (Å²) in [4.78, 5) is 62.2. The summed E-state index contributed by atoms with van der Waals surface area (Å²) in [5.74, 6) is -2.12. The highest BCUT2D eigenvalue weighted by atomic mass is 35.5. The van der Waals surface area contributed by atoms with Crippen LogP contribution in [0.1, 0.15) is 52.0 Å². The molecule has 0 radical (unpaired) electrons. The van der Waals surface area contributed by atoms with E-state index in [1.807, 2.05) is 36.4 Å². The van der Waals surface area contributed by atoms with Crippen molar-refractivity contribution in [3.8, 4) is 5.75 Å². The molecule has 1 aromatic heterocycles. The topological polar surface area (TPSA) is 158 Å². The zero-order valence-electron chi connectivity index (χ0n) is 29.9. The number of amides is 4. The molecule has 16 heteroatoms. The van der Waals surface area contributed by atoms with E-state index in [0.717, 1.165) is 42.2 Å². The largest absolute Gasteiger partial charge is 0.494 e. The number of nitrogens with one attached hydrogen (secondary N) is 4. The molecule has 3 aromatic carbocycles. The van der Waals surface area contributed by atoms with Crippen molar-refractivity contribution in [1.82, 2.24) is 25.5 Å². The van der Waals surface area contributed by atoms with Crippen LogP contribution in [0.2, 0.25) is 5.02 Å². The summed E-state index contributed by atoms with van der Waals surface area (Å²) in [6, 6.07) is 15.8. The minimum Gasteiger partial charge on any atom is -0.494 e. The van der Waals surface area contributed by atoms with Crippen molar-refractivity contribution in [2.24, 2.45) is 0 Å². The fraction of sp³-hybridized carbons (Fsp3) is 0.316. The van der Waals surface area contributed by atoms with Crippen LogP contribution in [0.5, 0.6) is 5.75 Å². The fourth-order valence-electron chi connectivity index (χ4n) is 7.01. The highest BCUT2D eigenvalue weighted by Crippen LogP contribution is 2.35. The summed E-state index contributed by atoms with van der Waals surface area (Å²) in [5, 5.41) is 13.8. The van der Waals surface area contributed by atoms with Crippen molar-refractivity contribution in [1.29, 1.82) is 0 Å². The summed E-state index contributed by atoms with van der Waals surface area (Å²) >= 11 is 6.48. The molecule has 2 fully saturated rings. The third-order valence-electron chi connectivity index (χ3n) is 9.88. The van der Waals surface area contributed by atoms with Gasteiger partial charge in [0.05, 0.1) is 30.1 Å². The average Bonchev–Trinajstić information content (AvgIpc) is 3.42. The molecule has 4 N–H and O–H groups in total. The SMILES string of the molecule is COc1cc(N2CCC(NCc3ccc4c(c3F)C(=O)N(C3CCC(=O)NC3=O)C4=O)CC2)ccc1Nc1ncc(Cl)c(Nc2ccccc2P(C)C)n1. The maximum Gasteiger partial charge on any atom is 0.265 e. The predicted octanol–water partition coefficient (Wildman–Crippen LogP) is 5.29. The van der Waals surface area contributed by atoms with E-state index in [4.69, 9.17) is 16.3 Å². The maximum atomic E-state index is 15.7. The van der Waals surface area contributed by atoms with E-state index < -0.39 is 35.5 Å².